The van der Waals surface area contributed by atoms with Crippen LogP contribution in [-0.4, -0.2) is 54.9 Å². The number of rotatable bonds is 7. The van der Waals surface area contributed by atoms with Crippen LogP contribution in [0.1, 0.15) is 57.6 Å². The molecule has 0 radical (unpaired) electrons. The van der Waals surface area contributed by atoms with Gasteiger partial charge in [-0.15, -0.1) is 0 Å². The summed E-state index contributed by atoms with van der Waals surface area (Å²) in [7, 11) is 3.05. The molecule has 4 rings (SSSR count). The molecule has 182 valence electrons. The molecular weight excluding hydrogens is 420 g/mol. The second-order valence-corrected chi connectivity index (χ2v) is 10.5. The molecule has 1 amide bonds. The van der Waals surface area contributed by atoms with Crippen LogP contribution in [0, 0.1) is 23.7 Å². The highest BCUT2D eigenvalue weighted by Crippen LogP contribution is 2.61. The molecule has 1 saturated heterocycles. The molecule has 33 heavy (non-hydrogen) atoms. The largest absolute Gasteiger partial charge is 0.497 e. The fourth-order valence-corrected chi connectivity index (χ4v) is 6.86. The Balaban J connectivity index is 1.70. The van der Waals surface area contributed by atoms with Crippen LogP contribution in [0.5, 0.6) is 5.75 Å². The molecule has 3 aliphatic rings. The zero-order valence-electron chi connectivity index (χ0n) is 20.5. The van der Waals surface area contributed by atoms with Crippen molar-refractivity contribution in [1.82, 2.24) is 10.2 Å². The predicted molar refractivity (Wildman–Crippen MR) is 124 cm³/mol. The summed E-state index contributed by atoms with van der Waals surface area (Å²) in [5.41, 5.74) is 2.02. The van der Waals surface area contributed by atoms with E-state index in [1.807, 2.05) is 19.9 Å². The summed E-state index contributed by atoms with van der Waals surface area (Å²) >= 11 is 0. The molecule has 6 unspecified atom stereocenters. The van der Waals surface area contributed by atoms with Gasteiger partial charge in [0, 0.05) is 24.8 Å². The number of ether oxygens (including phenoxy) is 2. The van der Waals surface area contributed by atoms with Gasteiger partial charge in [-0.3, -0.25) is 14.9 Å². The molecule has 0 aromatic heterocycles. The number of nitrogens with one attached hydrogen (secondary N) is 1. The van der Waals surface area contributed by atoms with Gasteiger partial charge < -0.3 is 19.5 Å². The molecule has 2 aliphatic heterocycles. The lowest BCUT2D eigenvalue weighted by atomic mass is 9.76. The van der Waals surface area contributed by atoms with E-state index in [4.69, 9.17) is 9.47 Å². The van der Waals surface area contributed by atoms with Crippen LogP contribution >= 0.6 is 0 Å². The molecule has 2 N–H and O–H groups in total. The second-order valence-electron chi connectivity index (χ2n) is 10.5. The number of methoxy groups -OCH3 is 2. The van der Waals surface area contributed by atoms with E-state index in [0.717, 1.165) is 31.6 Å². The standard InChI is InChI=1S/C26H38N2O5/c1-15(2)11-21(25(31)33-5)27-24(30)23-16(3)14-26-19-9-8-18(32-4)12-17(19)7-6-10-28(26)22(29)13-20(23)26/h8-9,12,15-16,20-21,23-24,27,30H,6-7,10-11,13-14H2,1-5H3. The average Bonchev–Trinajstić information content (AvgIpc) is 3.13. The lowest BCUT2D eigenvalue weighted by molar-refractivity contribution is -0.145. The van der Waals surface area contributed by atoms with Crippen molar-refractivity contribution in [2.45, 2.75) is 70.7 Å². The van der Waals surface area contributed by atoms with Crippen molar-refractivity contribution in [1.29, 1.82) is 0 Å². The number of aryl methyl sites for hydroxylation is 1. The zero-order valence-corrected chi connectivity index (χ0v) is 20.5. The molecule has 0 bridgehead atoms. The molecule has 2 heterocycles. The Morgan fingerprint density at radius 3 is 2.76 bits per heavy atom. The van der Waals surface area contributed by atoms with Gasteiger partial charge in [-0.05, 0) is 60.8 Å². The number of carbonyl (C=O) groups is 2. The Morgan fingerprint density at radius 1 is 1.33 bits per heavy atom. The molecule has 2 fully saturated rings. The van der Waals surface area contributed by atoms with Crippen molar-refractivity contribution < 1.29 is 24.2 Å². The molecule has 6 atom stereocenters. The molecule has 7 nitrogen and oxygen atoms in total. The number of benzene rings is 1. The molecule has 7 heteroatoms. The summed E-state index contributed by atoms with van der Waals surface area (Å²) in [5, 5.41) is 14.6. The first-order valence-electron chi connectivity index (χ1n) is 12.2. The molecule has 1 aliphatic carbocycles. The van der Waals surface area contributed by atoms with Gasteiger partial charge in [0.1, 0.15) is 18.0 Å². The van der Waals surface area contributed by atoms with E-state index in [1.54, 1.807) is 7.11 Å². The minimum absolute atomic E-state index is 0.0231. The molecule has 1 aromatic rings. The average molecular weight is 459 g/mol. The van der Waals surface area contributed by atoms with Gasteiger partial charge in [0.25, 0.3) is 0 Å². The number of hydrogen-bond donors (Lipinski definition) is 2. The third kappa shape index (κ3) is 4.03. The second kappa shape index (κ2) is 9.26. The first-order chi connectivity index (χ1) is 15.7. The number of hydrogen-bond acceptors (Lipinski definition) is 6. The maximum Gasteiger partial charge on any atom is 0.322 e. The van der Waals surface area contributed by atoms with Gasteiger partial charge in [-0.1, -0.05) is 26.8 Å². The Morgan fingerprint density at radius 2 is 2.09 bits per heavy atom. The van der Waals surface area contributed by atoms with Crippen molar-refractivity contribution in [3.8, 4) is 5.75 Å². The third-order valence-corrected chi connectivity index (χ3v) is 8.08. The first-order valence-corrected chi connectivity index (χ1v) is 12.2. The SMILES string of the molecule is COC(=O)C(CC(C)C)NC(O)C1C(C)CC23c4ccc(OC)cc4CCCN2C(=O)CC13. The minimum atomic E-state index is -0.898. The number of carbonyl (C=O) groups excluding carboxylic acids is 2. The van der Waals surface area contributed by atoms with Crippen molar-refractivity contribution >= 4 is 11.9 Å². The minimum Gasteiger partial charge on any atom is -0.497 e. The molecular formula is C26H38N2O5. The number of aliphatic hydroxyl groups is 1. The smallest absolute Gasteiger partial charge is 0.322 e. The normalized spacial score (nSPS) is 30.3. The summed E-state index contributed by atoms with van der Waals surface area (Å²) in [6.07, 6.45) is 2.73. The monoisotopic (exact) mass is 458 g/mol. The highest BCUT2D eigenvalue weighted by atomic mass is 16.5. The van der Waals surface area contributed by atoms with Gasteiger partial charge in [-0.25, -0.2) is 0 Å². The highest BCUT2D eigenvalue weighted by molar-refractivity contribution is 5.81. The fourth-order valence-electron chi connectivity index (χ4n) is 6.86. The van der Waals surface area contributed by atoms with Crippen LogP contribution in [0.2, 0.25) is 0 Å². The van der Waals surface area contributed by atoms with Gasteiger partial charge in [0.05, 0.1) is 19.8 Å². The van der Waals surface area contributed by atoms with Crippen molar-refractivity contribution in [3.05, 3.63) is 29.3 Å². The summed E-state index contributed by atoms with van der Waals surface area (Å²) in [5.74, 6) is 0.917. The lowest BCUT2D eigenvalue weighted by Crippen LogP contribution is -2.50. The summed E-state index contributed by atoms with van der Waals surface area (Å²) < 4.78 is 10.5. The van der Waals surface area contributed by atoms with Crippen LogP contribution in [0.3, 0.4) is 0 Å². The number of fused-ring (bicyclic) bond motifs is 1. The maximum atomic E-state index is 13.2. The number of nitrogens with zero attached hydrogens (tertiary/aromatic N) is 1. The van der Waals surface area contributed by atoms with Gasteiger partial charge in [-0.2, -0.15) is 0 Å². The summed E-state index contributed by atoms with van der Waals surface area (Å²) in [6.45, 7) is 6.98. The quantitative estimate of drug-likeness (QED) is 0.483. The van der Waals surface area contributed by atoms with Crippen LogP contribution in [-0.2, 0) is 26.3 Å². The topological polar surface area (TPSA) is 88.1 Å². The van der Waals surface area contributed by atoms with Gasteiger partial charge >= 0.3 is 5.97 Å². The number of aliphatic hydroxyl groups excluding tert-OH is 1. The van der Waals surface area contributed by atoms with Gasteiger partial charge in [0.2, 0.25) is 5.91 Å². The Labute approximate surface area is 196 Å². The van der Waals surface area contributed by atoms with E-state index in [9.17, 15) is 14.7 Å². The Hall–Kier alpha value is -2.12. The molecule has 1 saturated carbocycles. The predicted octanol–water partition coefficient (Wildman–Crippen LogP) is 2.84. The van der Waals surface area contributed by atoms with E-state index < -0.39 is 17.8 Å². The number of amides is 1. The van der Waals surface area contributed by atoms with Crippen LogP contribution in [0.4, 0.5) is 0 Å². The van der Waals surface area contributed by atoms with E-state index >= 15 is 0 Å². The van der Waals surface area contributed by atoms with Crippen LogP contribution in [0.25, 0.3) is 0 Å². The Bertz CT molecular complexity index is 903. The molecule has 1 spiro atoms. The molecule has 1 aromatic carbocycles. The highest BCUT2D eigenvalue weighted by Gasteiger charge is 2.64. The zero-order chi connectivity index (χ0) is 23.9. The third-order valence-electron chi connectivity index (χ3n) is 8.08. The van der Waals surface area contributed by atoms with Crippen molar-refractivity contribution in [3.63, 3.8) is 0 Å². The van der Waals surface area contributed by atoms with E-state index in [2.05, 4.69) is 29.3 Å². The Kier molecular flexibility index (Phi) is 6.74. The maximum absolute atomic E-state index is 13.2. The van der Waals surface area contributed by atoms with E-state index in [1.165, 1.54) is 18.2 Å². The fraction of sp³-hybridized carbons (Fsp3) is 0.692. The first kappa shape index (κ1) is 24.0. The van der Waals surface area contributed by atoms with Crippen molar-refractivity contribution in [2.75, 3.05) is 20.8 Å². The summed E-state index contributed by atoms with van der Waals surface area (Å²) in [6, 6.07) is 5.64. The number of esters is 1. The van der Waals surface area contributed by atoms with Crippen LogP contribution < -0.4 is 10.1 Å². The van der Waals surface area contributed by atoms with Gasteiger partial charge in [0.15, 0.2) is 0 Å². The van der Waals surface area contributed by atoms with Crippen molar-refractivity contribution in [2.24, 2.45) is 23.7 Å². The van der Waals surface area contributed by atoms with E-state index in [0.29, 0.717) is 12.8 Å². The summed E-state index contributed by atoms with van der Waals surface area (Å²) in [4.78, 5) is 27.7. The van der Waals surface area contributed by atoms with Crippen LogP contribution in [0.15, 0.2) is 18.2 Å². The van der Waals surface area contributed by atoms with E-state index in [-0.39, 0.29) is 35.5 Å². The lowest BCUT2D eigenvalue weighted by Gasteiger charge is -2.40.